The summed E-state index contributed by atoms with van der Waals surface area (Å²) in [5.41, 5.74) is 2.12. The van der Waals surface area contributed by atoms with E-state index in [4.69, 9.17) is 21.1 Å². The SMILES string of the molecule is COc1ccc([C@@H]2CC(=O)C3=C(C2)NC(=O)C[C@H]3c2c(F)cccc2Cl)cc1OC. The molecule has 7 heteroatoms. The Bertz CT molecular complexity index is 1040. The van der Waals surface area contributed by atoms with Crippen molar-refractivity contribution in [1.82, 2.24) is 5.32 Å². The zero-order chi connectivity index (χ0) is 21.4. The van der Waals surface area contributed by atoms with E-state index in [1.807, 2.05) is 12.1 Å². The fourth-order valence-electron chi connectivity index (χ4n) is 4.39. The molecule has 0 unspecified atom stereocenters. The molecule has 2 atom stereocenters. The van der Waals surface area contributed by atoms with Gasteiger partial charge in [0.25, 0.3) is 0 Å². The summed E-state index contributed by atoms with van der Waals surface area (Å²) >= 11 is 6.24. The van der Waals surface area contributed by atoms with Crippen molar-refractivity contribution in [2.24, 2.45) is 0 Å². The summed E-state index contributed by atoms with van der Waals surface area (Å²) in [5, 5.41) is 3.06. The van der Waals surface area contributed by atoms with Crippen molar-refractivity contribution in [1.29, 1.82) is 0 Å². The number of ketones is 1. The summed E-state index contributed by atoms with van der Waals surface area (Å²) in [6, 6.07) is 9.91. The second-order valence-electron chi connectivity index (χ2n) is 7.48. The van der Waals surface area contributed by atoms with E-state index in [1.165, 1.54) is 12.1 Å². The Morgan fingerprint density at radius 2 is 1.80 bits per heavy atom. The van der Waals surface area contributed by atoms with E-state index in [1.54, 1.807) is 26.4 Å². The van der Waals surface area contributed by atoms with Crippen LogP contribution in [-0.2, 0) is 9.59 Å². The number of ether oxygens (including phenoxy) is 2. The number of carbonyl (C=O) groups is 2. The topological polar surface area (TPSA) is 64.6 Å². The van der Waals surface area contributed by atoms with Gasteiger partial charge in [-0.25, -0.2) is 4.39 Å². The van der Waals surface area contributed by atoms with Crippen LogP contribution in [0.3, 0.4) is 0 Å². The van der Waals surface area contributed by atoms with Gasteiger partial charge in [-0.15, -0.1) is 0 Å². The van der Waals surface area contributed by atoms with E-state index in [0.29, 0.717) is 29.2 Å². The van der Waals surface area contributed by atoms with E-state index < -0.39 is 11.7 Å². The number of methoxy groups -OCH3 is 2. The van der Waals surface area contributed by atoms with Crippen LogP contribution in [0.4, 0.5) is 4.39 Å². The molecule has 2 aromatic carbocycles. The Morgan fingerprint density at radius 1 is 1.03 bits per heavy atom. The minimum absolute atomic E-state index is 0.00769. The third-order valence-corrected chi connectivity index (χ3v) is 6.09. The number of amides is 1. The number of hydrogen-bond donors (Lipinski definition) is 1. The predicted molar refractivity (Wildman–Crippen MR) is 110 cm³/mol. The molecule has 30 heavy (non-hydrogen) atoms. The van der Waals surface area contributed by atoms with Gasteiger partial charge in [-0.05, 0) is 42.2 Å². The molecule has 2 aliphatic rings. The number of carbonyl (C=O) groups excluding carboxylic acids is 2. The number of allylic oxidation sites excluding steroid dienone is 2. The Labute approximate surface area is 178 Å². The molecule has 0 saturated carbocycles. The van der Waals surface area contributed by atoms with E-state index in [-0.39, 0.29) is 41.0 Å². The first kappa shape index (κ1) is 20.4. The van der Waals surface area contributed by atoms with E-state index in [0.717, 1.165) is 5.56 Å². The first-order valence-corrected chi connectivity index (χ1v) is 10.0. The van der Waals surface area contributed by atoms with Crippen molar-refractivity contribution < 1.29 is 23.5 Å². The van der Waals surface area contributed by atoms with Crippen molar-refractivity contribution in [2.75, 3.05) is 14.2 Å². The fraction of sp³-hybridized carbons (Fsp3) is 0.304. The van der Waals surface area contributed by atoms with Crippen LogP contribution in [0.25, 0.3) is 0 Å². The maximum Gasteiger partial charge on any atom is 0.225 e. The minimum Gasteiger partial charge on any atom is -0.493 e. The predicted octanol–water partition coefficient (Wildman–Crippen LogP) is 4.50. The average molecular weight is 430 g/mol. The lowest BCUT2D eigenvalue weighted by atomic mass is 9.73. The first-order chi connectivity index (χ1) is 14.4. The zero-order valence-corrected chi connectivity index (χ0v) is 17.4. The third kappa shape index (κ3) is 3.56. The van der Waals surface area contributed by atoms with Gasteiger partial charge in [0, 0.05) is 40.6 Å². The molecular weight excluding hydrogens is 409 g/mol. The lowest BCUT2D eigenvalue weighted by molar-refractivity contribution is -0.122. The summed E-state index contributed by atoms with van der Waals surface area (Å²) in [7, 11) is 3.11. The maximum absolute atomic E-state index is 14.6. The smallest absolute Gasteiger partial charge is 0.225 e. The van der Waals surface area contributed by atoms with Gasteiger partial charge in [0.1, 0.15) is 5.82 Å². The molecule has 5 nitrogen and oxygen atoms in total. The number of rotatable bonds is 4. The normalized spacial score (nSPS) is 21.2. The van der Waals surface area contributed by atoms with Crippen LogP contribution in [0.2, 0.25) is 5.02 Å². The van der Waals surface area contributed by atoms with Gasteiger partial charge in [-0.2, -0.15) is 0 Å². The summed E-state index contributed by atoms with van der Waals surface area (Å²) in [6.07, 6.45) is 0.712. The molecule has 1 N–H and O–H groups in total. The monoisotopic (exact) mass is 429 g/mol. The second kappa shape index (κ2) is 8.11. The summed E-state index contributed by atoms with van der Waals surface area (Å²) in [5.74, 6) is -0.509. The van der Waals surface area contributed by atoms with Gasteiger partial charge in [-0.1, -0.05) is 23.7 Å². The van der Waals surface area contributed by atoms with Crippen LogP contribution in [-0.4, -0.2) is 25.9 Å². The molecular formula is C23H21ClFNO4. The average Bonchev–Trinajstić information content (AvgIpc) is 2.72. The molecule has 0 spiro atoms. The van der Waals surface area contributed by atoms with Gasteiger partial charge in [-0.3, -0.25) is 9.59 Å². The van der Waals surface area contributed by atoms with E-state index in [2.05, 4.69) is 5.32 Å². The standard InChI is InChI=1S/C23H21ClFNO4/c1-29-19-7-6-12(10-20(19)30-2)13-8-17-23(18(27)9-13)14(11-21(28)26-17)22-15(24)4-3-5-16(22)25/h3-7,10,13-14H,8-9,11H2,1-2H3,(H,26,28)/t13-,14-/m0/s1. The van der Waals surface area contributed by atoms with Crippen LogP contribution >= 0.6 is 11.6 Å². The van der Waals surface area contributed by atoms with E-state index in [9.17, 15) is 14.0 Å². The molecule has 0 fully saturated rings. The van der Waals surface area contributed by atoms with Crippen LogP contribution in [0.15, 0.2) is 47.7 Å². The number of nitrogens with one attached hydrogen (secondary N) is 1. The molecule has 1 aliphatic heterocycles. The second-order valence-corrected chi connectivity index (χ2v) is 7.88. The minimum atomic E-state index is -0.679. The van der Waals surface area contributed by atoms with Crippen LogP contribution < -0.4 is 14.8 Å². The summed E-state index contributed by atoms with van der Waals surface area (Å²) in [6.45, 7) is 0. The van der Waals surface area contributed by atoms with Crippen molar-refractivity contribution >= 4 is 23.3 Å². The quantitative estimate of drug-likeness (QED) is 0.777. The third-order valence-electron chi connectivity index (χ3n) is 5.76. The molecule has 0 radical (unpaired) electrons. The highest BCUT2D eigenvalue weighted by Crippen LogP contribution is 2.45. The molecule has 2 aromatic rings. The van der Waals surface area contributed by atoms with Gasteiger partial charge < -0.3 is 14.8 Å². The Kier molecular flexibility index (Phi) is 5.52. The lowest BCUT2D eigenvalue weighted by Crippen LogP contribution is -2.38. The zero-order valence-electron chi connectivity index (χ0n) is 16.6. The van der Waals surface area contributed by atoms with Gasteiger partial charge in [0.2, 0.25) is 5.91 Å². The number of hydrogen-bond acceptors (Lipinski definition) is 4. The van der Waals surface area contributed by atoms with Gasteiger partial charge in [0.05, 0.1) is 14.2 Å². The molecule has 4 rings (SSSR count). The number of benzene rings is 2. The Balaban J connectivity index is 1.73. The molecule has 0 saturated heterocycles. The molecule has 0 bridgehead atoms. The Morgan fingerprint density at radius 3 is 2.50 bits per heavy atom. The number of Topliss-reactive ketones (excluding diaryl/α,β-unsaturated/α-hetero) is 1. The molecule has 0 aromatic heterocycles. The van der Waals surface area contributed by atoms with Crippen LogP contribution in [0.5, 0.6) is 11.5 Å². The highest BCUT2D eigenvalue weighted by molar-refractivity contribution is 6.31. The summed E-state index contributed by atoms with van der Waals surface area (Å²) in [4.78, 5) is 25.6. The number of halogens is 2. The lowest BCUT2D eigenvalue weighted by Gasteiger charge is -2.35. The van der Waals surface area contributed by atoms with Crippen molar-refractivity contribution in [3.8, 4) is 11.5 Å². The molecule has 156 valence electrons. The highest BCUT2D eigenvalue weighted by Gasteiger charge is 2.40. The fourth-order valence-corrected chi connectivity index (χ4v) is 4.69. The largest absolute Gasteiger partial charge is 0.493 e. The van der Waals surface area contributed by atoms with Crippen molar-refractivity contribution in [3.63, 3.8) is 0 Å². The van der Waals surface area contributed by atoms with Gasteiger partial charge in [0.15, 0.2) is 17.3 Å². The van der Waals surface area contributed by atoms with Crippen LogP contribution in [0, 0.1) is 5.82 Å². The van der Waals surface area contributed by atoms with Crippen LogP contribution in [0.1, 0.15) is 42.2 Å². The maximum atomic E-state index is 14.6. The summed E-state index contributed by atoms with van der Waals surface area (Å²) < 4.78 is 25.2. The van der Waals surface area contributed by atoms with Gasteiger partial charge >= 0.3 is 0 Å². The van der Waals surface area contributed by atoms with Crippen molar-refractivity contribution in [2.45, 2.75) is 31.1 Å². The van der Waals surface area contributed by atoms with E-state index >= 15 is 0 Å². The van der Waals surface area contributed by atoms with Crippen molar-refractivity contribution in [3.05, 3.63) is 69.6 Å². The first-order valence-electron chi connectivity index (χ1n) is 9.64. The molecule has 1 amide bonds. The molecule has 1 heterocycles. The highest BCUT2D eigenvalue weighted by atomic mass is 35.5. The molecule has 1 aliphatic carbocycles. The Hall–Kier alpha value is -2.86.